The van der Waals surface area contributed by atoms with Crippen LogP contribution in [0.15, 0.2) is 0 Å². The summed E-state index contributed by atoms with van der Waals surface area (Å²) in [6, 6.07) is -0.364. The summed E-state index contributed by atoms with van der Waals surface area (Å²) >= 11 is 5.73. The summed E-state index contributed by atoms with van der Waals surface area (Å²) in [7, 11) is -2.85. The van der Waals surface area contributed by atoms with E-state index >= 15 is 0 Å². The standard InChI is InChI=1S/C5H11BClO6P/c6-5-3(7)4(8)2(13-5)1-12-14(9,10)11/h2-5,8H,1,6H2,(H2,9,10,11)/t2?,3?,4-,5-/m1/s1. The van der Waals surface area contributed by atoms with Crippen LogP contribution in [0.25, 0.3) is 0 Å². The lowest BCUT2D eigenvalue weighted by Gasteiger charge is -2.14. The van der Waals surface area contributed by atoms with Crippen molar-refractivity contribution in [2.75, 3.05) is 6.61 Å². The van der Waals surface area contributed by atoms with Crippen molar-refractivity contribution in [1.29, 1.82) is 0 Å². The molecule has 0 bridgehead atoms. The molecule has 1 aliphatic heterocycles. The normalized spacial score (nSPS) is 38.9. The van der Waals surface area contributed by atoms with Gasteiger partial charge in [0.05, 0.1) is 12.0 Å². The van der Waals surface area contributed by atoms with Crippen LogP contribution in [-0.4, -0.2) is 52.9 Å². The molecular weight excluding hydrogens is 233 g/mol. The molecule has 82 valence electrons. The van der Waals surface area contributed by atoms with Crippen molar-refractivity contribution < 1.29 is 28.7 Å². The fourth-order valence-electron chi connectivity index (χ4n) is 1.22. The number of rotatable bonds is 3. The van der Waals surface area contributed by atoms with Crippen molar-refractivity contribution in [3.05, 3.63) is 0 Å². The minimum atomic E-state index is -4.52. The van der Waals surface area contributed by atoms with Gasteiger partial charge in [-0.1, -0.05) is 0 Å². The van der Waals surface area contributed by atoms with E-state index in [1.165, 1.54) is 0 Å². The second-order valence-corrected chi connectivity index (χ2v) is 4.84. The Balaban J connectivity index is 2.44. The maximum atomic E-state index is 10.4. The van der Waals surface area contributed by atoms with Gasteiger partial charge < -0.3 is 19.6 Å². The van der Waals surface area contributed by atoms with Crippen LogP contribution in [0, 0.1) is 0 Å². The molecule has 4 atom stereocenters. The SMILES string of the molecule is B[C@@H]1OC(COP(=O)(O)O)[C@@H](O)C1Cl. The van der Waals surface area contributed by atoms with Crippen molar-refractivity contribution in [3.63, 3.8) is 0 Å². The number of ether oxygens (including phenoxy) is 1. The molecule has 9 heteroatoms. The lowest BCUT2D eigenvalue weighted by Crippen LogP contribution is -2.31. The molecule has 0 aromatic rings. The zero-order valence-electron chi connectivity index (χ0n) is 7.41. The highest BCUT2D eigenvalue weighted by Crippen LogP contribution is 2.37. The van der Waals surface area contributed by atoms with E-state index in [0.29, 0.717) is 0 Å². The molecule has 0 spiro atoms. The number of phosphoric ester groups is 1. The molecule has 0 radical (unpaired) electrons. The number of phosphoric acid groups is 1. The van der Waals surface area contributed by atoms with Crippen molar-refractivity contribution in [2.24, 2.45) is 0 Å². The first-order valence-electron chi connectivity index (χ1n) is 3.99. The van der Waals surface area contributed by atoms with E-state index in [1.54, 1.807) is 7.85 Å². The highest BCUT2D eigenvalue weighted by atomic mass is 35.5. The second kappa shape index (κ2) is 4.49. The Morgan fingerprint density at radius 2 is 2.14 bits per heavy atom. The Morgan fingerprint density at radius 1 is 1.57 bits per heavy atom. The van der Waals surface area contributed by atoms with Crippen LogP contribution < -0.4 is 0 Å². The Morgan fingerprint density at radius 3 is 2.50 bits per heavy atom. The summed E-state index contributed by atoms with van der Waals surface area (Å²) in [5, 5.41) is 8.85. The van der Waals surface area contributed by atoms with Gasteiger partial charge in [0.15, 0.2) is 0 Å². The predicted molar refractivity (Wildman–Crippen MR) is 50.8 cm³/mol. The first-order valence-corrected chi connectivity index (χ1v) is 5.95. The van der Waals surface area contributed by atoms with E-state index in [0.717, 1.165) is 0 Å². The number of alkyl halides is 1. The van der Waals surface area contributed by atoms with Crippen LogP contribution in [0.1, 0.15) is 0 Å². The molecule has 6 nitrogen and oxygen atoms in total. The highest BCUT2D eigenvalue weighted by molar-refractivity contribution is 7.46. The zero-order valence-corrected chi connectivity index (χ0v) is 9.06. The van der Waals surface area contributed by atoms with Gasteiger partial charge in [0.2, 0.25) is 0 Å². The fraction of sp³-hybridized carbons (Fsp3) is 1.00. The quantitative estimate of drug-likeness (QED) is 0.315. The Hall–Kier alpha value is 0.385. The summed E-state index contributed by atoms with van der Waals surface area (Å²) in [6.45, 7) is -0.376. The summed E-state index contributed by atoms with van der Waals surface area (Å²) in [6.07, 6.45) is -1.77. The summed E-state index contributed by atoms with van der Waals surface area (Å²) in [5.74, 6) is 0. The van der Waals surface area contributed by atoms with Crippen LogP contribution in [0.5, 0.6) is 0 Å². The zero-order chi connectivity index (χ0) is 10.9. The van der Waals surface area contributed by atoms with Crippen molar-refractivity contribution in [3.8, 4) is 0 Å². The largest absolute Gasteiger partial charge is 0.469 e. The summed E-state index contributed by atoms with van der Waals surface area (Å²) in [5.41, 5.74) is 0. The van der Waals surface area contributed by atoms with Crippen molar-refractivity contribution in [1.82, 2.24) is 0 Å². The van der Waals surface area contributed by atoms with E-state index in [1.807, 2.05) is 0 Å². The molecule has 1 heterocycles. The van der Waals surface area contributed by atoms with E-state index in [2.05, 4.69) is 4.52 Å². The Bertz CT molecular complexity index is 246. The lowest BCUT2D eigenvalue weighted by molar-refractivity contribution is -0.00417. The number of aliphatic hydroxyl groups is 1. The monoisotopic (exact) mass is 244 g/mol. The van der Waals surface area contributed by atoms with Crippen LogP contribution in [0.4, 0.5) is 0 Å². The third kappa shape index (κ3) is 3.20. The fourth-order valence-corrected chi connectivity index (χ4v) is 1.79. The van der Waals surface area contributed by atoms with Gasteiger partial charge in [-0.3, -0.25) is 4.52 Å². The van der Waals surface area contributed by atoms with Gasteiger partial charge >= 0.3 is 7.82 Å². The minimum absolute atomic E-state index is 0.364. The highest BCUT2D eigenvalue weighted by Gasteiger charge is 2.40. The van der Waals surface area contributed by atoms with Crippen LogP contribution in [-0.2, 0) is 13.8 Å². The molecule has 0 saturated carbocycles. The van der Waals surface area contributed by atoms with Gasteiger partial charge in [0, 0.05) is 6.00 Å². The molecule has 1 aliphatic rings. The third-order valence-electron chi connectivity index (χ3n) is 1.95. The van der Waals surface area contributed by atoms with Gasteiger partial charge in [0.1, 0.15) is 20.1 Å². The van der Waals surface area contributed by atoms with E-state index in [4.69, 9.17) is 26.1 Å². The summed E-state index contributed by atoms with van der Waals surface area (Å²) in [4.78, 5) is 16.8. The Kier molecular flexibility index (Phi) is 3.99. The third-order valence-corrected chi connectivity index (χ3v) is 3.05. The average molecular weight is 244 g/mol. The van der Waals surface area contributed by atoms with E-state index < -0.39 is 25.4 Å². The average Bonchev–Trinajstić information content (AvgIpc) is 2.28. The Labute approximate surface area is 86.8 Å². The number of aliphatic hydroxyl groups excluding tert-OH is 1. The van der Waals surface area contributed by atoms with Gasteiger partial charge in [-0.25, -0.2) is 4.57 Å². The van der Waals surface area contributed by atoms with Crippen LogP contribution in [0.3, 0.4) is 0 Å². The first kappa shape index (κ1) is 12.5. The number of hydrogen-bond donors (Lipinski definition) is 3. The lowest BCUT2D eigenvalue weighted by atomic mass is 9.95. The molecular formula is C5H11BClO6P. The number of halogens is 1. The minimum Gasteiger partial charge on any atom is -0.389 e. The van der Waals surface area contributed by atoms with Crippen LogP contribution in [0.2, 0.25) is 0 Å². The van der Waals surface area contributed by atoms with E-state index in [-0.39, 0.29) is 12.6 Å². The second-order valence-electron chi connectivity index (χ2n) is 3.10. The first-order chi connectivity index (χ1) is 6.31. The van der Waals surface area contributed by atoms with Gasteiger partial charge in [-0.15, -0.1) is 11.6 Å². The molecule has 1 saturated heterocycles. The molecule has 3 N–H and O–H groups in total. The molecule has 0 amide bonds. The number of hydrogen-bond acceptors (Lipinski definition) is 4. The molecule has 0 aromatic heterocycles. The van der Waals surface area contributed by atoms with Gasteiger partial charge in [-0.2, -0.15) is 0 Å². The molecule has 2 unspecified atom stereocenters. The smallest absolute Gasteiger partial charge is 0.389 e. The topological polar surface area (TPSA) is 96.2 Å². The van der Waals surface area contributed by atoms with Gasteiger partial charge in [0.25, 0.3) is 0 Å². The molecule has 1 rings (SSSR count). The predicted octanol–water partition coefficient (Wildman–Crippen LogP) is -1.58. The molecule has 1 fully saturated rings. The maximum Gasteiger partial charge on any atom is 0.469 e. The van der Waals surface area contributed by atoms with Crippen LogP contribution >= 0.6 is 19.4 Å². The van der Waals surface area contributed by atoms with Crippen molar-refractivity contribution >= 4 is 27.3 Å². The molecule has 0 aliphatic carbocycles. The molecule has 14 heavy (non-hydrogen) atoms. The molecule has 0 aromatic carbocycles. The van der Waals surface area contributed by atoms with Gasteiger partial charge in [-0.05, 0) is 0 Å². The van der Waals surface area contributed by atoms with E-state index in [9.17, 15) is 9.67 Å². The van der Waals surface area contributed by atoms with Crippen molar-refractivity contribution in [2.45, 2.75) is 23.6 Å². The summed E-state index contributed by atoms with van der Waals surface area (Å²) < 4.78 is 19.7. The maximum absolute atomic E-state index is 10.4.